The molecule has 1 atom stereocenters. The molecule has 0 radical (unpaired) electrons. The molecule has 2 aromatic rings. The van der Waals surface area contributed by atoms with Crippen molar-refractivity contribution in [2.75, 3.05) is 7.11 Å². The van der Waals surface area contributed by atoms with E-state index in [2.05, 4.69) is 30.3 Å². The number of aromatic nitrogens is 2. The lowest BCUT2D eigenvalue weighted by Gasteiger charge is -2.16. The van der Waals surface area contributed by atoms with Crippen LogP contribution in [-0.2, 0) is 6.54 Å². The molecule has 1 aromatic heterocycles. The van der Waals surface area contributed by atoms with Crippen molar-refractivity contribution in [2.45, 2.75) is 27.3 Å². The Hall–Kier alpha value is -1.29. The Morgan fingerprint density at radius 2 is 2.06 bits per heavy atom. The van der Waals surface area contributed by atoms with Crippen molar-refractivity contribution in [1.82, 2.24) is 9.55 Å². The highest BCUT2D eigenvalue weighted by molar-refractivity contribution is 7.71. The Kier molecular flexibility index (Phi) is 3.76. The van der Waals surface area contributed by atoms with Gasteiger partial charge in [-0.2, -0.15) is 0 Å². The highest BCUT2D eigenvalue weighted by Crippen LogP contribution is 2.23. The van der Waals surface area contributed by atoms with Crippen molar-refractivity contribution >= 4 is 23.3 Å². The zero-order valence-electron chi connectivity index (χ0n) is 11.4. The number of fused-ring (bicyclic) bond motifs is 1. The van der Waals surface area contributed by atoms with Crippen LogP contribution in [0.5, 0.6) is 5.75 Å². The van der Waals surface area contributed by atoms with Crippen molar-refractivity contribution in [3.8, 4) is 5.75 Å². The van der Waals surface area contributed by atoms with E-state index in [0.29, 0.717) is 11.8 Å². The van der Waals surface area contributed by atoms with Crippen molar-refractivity contribution in [2.24, 2.45) is 11.8 Å². The van der Waals surface area contributed by atoms with Crippen LogP contribution in [0.15, 0.2) is 18.2 Å². The van der Waals surface area contributed by atoms with Gasteiger partial charge in [0.05, 0.1) is 18.1 Å². The van der Waals surface area contributed by atoms with E-state index < -0.39 is 0 Å². The molecule has 4 heteroatoms. The third kappa shape index (κ3) is 2.43. The number of imidazole rings is 1. The fourth-order valence-electron chi connectivity index (χ4n) is 1.94. The van der Waals surface area contributed by atoms with Crippen molar-refractivity contribution in [1.29, 1.82) is 0 Å². The fourth-order valence-corrected chi connectivity index (χ4v) is 2.22. The van der Waals surface area contributed by atoms with E-state index in [1.165, 1.54) is 0 Å². The van der Waals surface area contributed by atoms with Gasteiger partial charge in [-0.25, -0.2) is 0 Å². The van der Waals surface area contributed by atoms with E-state index in [9.17, 15) is 0 Å². The van der Waals surface area contributed by atoms with E-state index in [1.807, 2.05) is 18.2 Å². The Bertz CT molecular complexity index is 597. The quantitative estimate of drug-likeness (QED) is 0.846. The molecule has 3 nitrogen and oxygen atoms in total. The maximum atomic E-state index is 5.40. The van der Waals surface area contributed by atoms with Gasteiger partial charge in [-0.15, -0.1) is 0 Å². The van der Waals surface area contributed by atoms with Crippen LogP contribution >= 0.6 is 12.2 Å². The minimum atomic E-state index is 0.585. The zero-order chi connectivity index (χ0) is 13.3. The number of nitrogens with one attached hydrogen (secondary N) is 1. The SMILES string of the molecule is COc1ccc2[nH]c(=S)n(CC(C)C(C)C)c2c1. The van der Waals surface area contributed by atoms with E-state index in [-0.39, 0.29) is 0 Å². The molecule has 0 aliphatic carbocycles. The highest BCUT2D eigenvalue weighted by Gasteiger charge is 2.12. The third-order valence-electron chi connectivity index (χ3n) is 3.59. The average Bonchev–Trinajstić information content (AvgIpc) is 2.65. The fraction of sp³-hybridized carbons (Fsp3) is 0.500. The molecule has 0 saturated carbocycles. The summed E-state index contributed by atoms with van der Waals surface area (Å²) in [5.74, 6) is 2.09. The predicted molar refractivity (Wildman–Crippen MR) is 77.7 cm³/mol. The monoisotopic (exact) mass is 264 g/mol. The summed E-state index contributed by atoms with van der Waals surface area (Å²) in [6, 6.07) is 6.00. The van der Waals surface area contributed by atoms with Crippen LogP contribution in [-0.4, -0.2) is 16.7 Å². The van der Waals surface area contributed by atoms with Crippen molar-refractivity contribution in [3.05, 3.63) is 23.0 Å². The average molecular weight is 264 g/mol. The number of hydrogen-bond acceptors (Lipinski definition) is 2. The topological polar surface area (TPSA) is 29.9 Å². The van der Waals surface area contributed by atoms with Crippen LogP contribution < -0.4 is 4.74 Å². The van der Waals surface area contributed by atoms with Gasteiger partial charge in [0.2, 0.25) is 0 Å². The molecular weight excluding hydrogens is 244 g/mol. The van der Waals surface area contributed by atoms with Gasteiger partial charge in [-0.1, -0.05) is 20.8 Å². The summed E-state index contributed by atoms with van der Waals surface area (Å²) in [7, 11) is 1.68. The standard InChI is InChI=1S/C14H20N2OS/c1-9(2)10(3)8-16-13-7-11(17-4)5-6-12(13)15-14(16)18/h5-7,9-10H,8H2,1-4H3,(H,15,18). The lowest BCUT2D eigenvalue weighted by Crippen LogP contribution is -2.13. The van der Waals surface area contributed by atoms with Gasteiger partial charge in [0.15, 0.2) is 4.77 Å². The molecule has 0 amide bonds. The number of benzene rings is 1. The Morgan fingerprint density at radius 1 is 1.33 bits per heavy atom. The number of methoxy groups -OCH3 is 1. The first-order valence-corrected chi connectivity index (χ1v) is 6.70. The molecule has 98 valence electrons. The molecule has 1 heterocycles. The van der Waals surface area contributed by atoms with Gasteiger partial charge in [0.1, 0.15) is 5.75 Å². The molecule has 2 rings (SSSR count). The van der Waals surface area contributed by atoms with Gasteiger partial charge in [-0.3, -0.25) is 0 Å². The predicted octanol–water partition coefficient (Wildman–Crippen LogP) is 4.00. The molecule has 1 aromatic carbocycles. The molecule has 0 aliphatic rings. The lowest BCUT2D eigenvalue weighted by atomic mass is 9.98. The maximum absolute atomic E-state index is 5.40. The van der Waals surface area contributed by atoms with Crippen molar-refractivity contribution < 1.29 is 4.74 Å². The molecule has 18 heavy (non-hydrogen) atoms. The van der Waals surface area contributed by atoms with E-state index in [0.717, 1.165) is 28.1 Å². The van der Waals surface area contributed by atoms with Crippen LogP contribution in [0, 0.1) is 16.6 Å². The van der Waals surface area contributed by atoms with Crippen LogP contribution in [0.25, 0.3) is 11.0 Å². The maximum Gasteiger partial charge on any atom is 0.178 e. The van der Waals surface area contributed by atoms with Gasteiger partial charge in [0.25, 0.3) is 0 Å². The number of nitrogens with zero attached hydrogens (tertiary/aromatic N) is 1. The lowest BCUT2D eigenvalue weighted by molar-refractivity contribution is 0.367. The molecule has 0 fully saturated rings. The number of aromatic amines is 1. The first kappa shape index (κ1) is 13.1. The van der Waals surface area contributed by atoms with Crippen LogP contribution in [0.2, 0.25) is 0 Å². The second kappa shape index (κ2) is 5.14. The minimum Gasteiger partial charge on any atom is -0.497 e. The third-order valence-corrected chi connectivity index (χ3v) is 3.91. The Morgan fingerprint density at radius 3 is 2.67 bits per heavy atom. The number of hydrogen-bond donors (Lipinski definition) is 1. The molecule has 1 N–H and O–H groups in total. The second-order valence-corrected chi connectivity index (χ2v) is 5.53. The van der Waals surface area contributed by atoms with Crippen LogP contribution in [0.4, 0.5) is 0 Å². The van der Waals surface area contributed by atoms with E-state index >= 15 is 0 Å². The van der Waals surface area contributed by atoms with E-state index in [1.54, 1.807) is 7.11 Å². The normalized spacial score (nSPS) is 13.2. The summed E-state index contributed by atoms with van der Waals surface area (Å²) in [5.41, 5.74) is 2.18. The van der Waals surface area contributed by atoms with Gasteiger partial charge >= 0.3 is 0 Å². The first-order chi connectivity index (χ1) is 8.52. The van der Waals surface area contributed by atoms with Crippen molar-refractivity contribution in [3.63, 3.8) is 0 Å². The second-order valence-electron chi connectivity index (χ2n) is 5.15. The number of ether oxygens (including phenoxy) is 1. The van der Waals surface area contributed by atoms with Crippen LogP contribution in [0.3, 0.4) is 0 Å². The zero-order valence-corrected chi connectivity index (χ0v) is 12.2. The van der Waals surface area contributed by atoms with Gasteiger partial charge < -0.3 is 14.3 Å². The minimum absolute atomic E-state index is 0.585. The summed E-state index contributed by atoms with van der Waals surface area (Å²) in [6.07, 6.45) is 0. The molecule has 0 saturated heterocycles. The molecule has 0 spiro atoms. The smallest absolute Gasteiger partial charge is 0.178 e. The van der Waals surface area contributed by atoms with Gasteiger partial charge in [-0.05, 0) is 36.2 Å². The summed E-state index contributed by atoms with van der Waals surface area (Å²) in [6.45, 7) is 7.67. The molecular formula is C14H20N2OS. The molecule has 0 aliphatic heterocycles. The summed E-state index contributed by atoms with van der Waals surface area (Å²) >= 11 is 5.40. The van der Waals surface area contributed by atoms with Gasteiger partial charge in [0, 0.05) is 12.6 Å². The number of H-pyrrole nitrogens is 1. The molecule has 0 bridgehead atoms. The largest absolute Gasteiger partial charge is 0.497 e. The first-order valence-electron chi connectivity index (χ1n) is 6.29. The van der Waals surface area contributed by atoms with E-state index in [4.69, 9.17) is 17.0 Å². The number of rotatable bonds is 4. The summed E-state index contributed by atoms with van der Waals surface area (Å²) in [4.78, 5) is 3.24. The highest BCUT2D eigenvalue weighted by atomic mass is 32.1. The summed E-state index contributed by atoms with van der Waals surface area (Å²) < 4.78 is 8.23. The Labute approximate surface area is 113 Å². The Balaban J connectivity index is 2.48. The van der Waals surface area contributed by atoms with Crippen LogP contribution in [0.1, 0.15) is 20.8 Å². The summed E-state index contributed by atoms with van der Waals surface area (Å²) in [5, 5.41) is 0. The molecule has 1 unspecified atom stereocenters.